The first-order valence-corrected chi connectivity index (χ1v) is 5.97. The van der Waals surface area contributed by atoms with Crippen molar-refractivity contribution in [2.45, 2.75) is 13.0 Å². The zero-order valence-electron chi connectivity index (χ0n) is 11.3. The number of ether oxygens (including phenoxy) is 2. The quantitative estimate of drug-likeness (QED) is 0.528. The van der Waals surface area contributed by atoms with Crippen LogP contribution in [0.15, 0.2) is 18.2 Å². The lowest BCUT2D eigenvalue weighted by Gasteiger charge is -2.16. The average Bonchev–Trinajstić information content (AvgIpc) is 2.42. The first kappa shape index (κ1) is 15.7. The summed E-state index contributed by atoms with van der Waals surface area (Å²) in [4.78, 5) is 21.4. The molecule has 1 aromatic carbocycles. The fourth-order valence-electron chi connectivity index (χ4n) is 1.55. The first-order chi connectivity index (χ1) is 9.49. The topological polar surface area (TPSA) is 117 Å². The number of likely N-dealkylation sites (N-methyl/N-ethyl adjacent to an activating group) is 1. The van der Waals surface area contributed by atoms with Gasteiger partial charge in [0.1, 0.15) is 12.6 Å². The third-order valence-corrected chi connectivity index (χ3v) is 2.56. The Labute approximate surface area is 116 Å². The van der Waals surface area contributed by atoms with Crippen molar-refractivity contribution in [3.63, 3.8) is 0 Å². The van der Waals surface area contributed by atoms with Gasteiger partial charge in [-0.25, -0.2) is 0 Å². The van der Waals surface area contributed by atoms with E-state index < -0.39 is 16.9 Å². The number of rotatable bonds is 8. The molecule has 1 unspecified atom stereocenters. The number of nitro benzene ring substituents is 1. The Morgan fingerprint density at radius 2 is 2.20 bits per heavy atom. The van der Waals surface area contributed by atoms with Crippen molar-refractivity contribution < 1.29 is 19.2 Å². The van der Waals surface area contributed by atoms with E-state index in [1.807, 2.05) is 6.92 Å². The summed E-state index contributed by atoms with van der Waals surface area (Å²) in [7, 11) is 1.42. The number of benzene rings is 1. The van der Waals surface area contributed by atoms with Gasteiger partial charge in [0.2, 0.25) is 5.91 Å². The molecule has 0 fully saturated rings. The Morgan fingerprint density at radius 1 is 1.50 bits per heavy atom. The third kappa shape index (κ3) is 4.09. The van der Waals surface area contributed by atoms with E-state index in [0.717, 1.165) is 0 Å². The van der Waals surface area contributed by atoms with E-state index in [0.29, 0.717) is 12.3 Å². The highest BCUT2D eigenvalue weighted by atomic mass is 16.6. The summed E-state index contributed by atoms with van der Waals surface area (Å²) in [5.74, 6) is -0.0302. The molecular formula is C12H17N3O5. The lowest BCUT2D eigenvalue weighted by molar-refractivity contribution is -0.385. The minimum absolute atomic E-state index is 0.0410. The summed E-state index contributed by atoms with van der Waals surface area (Å²) in [5, 5.41) is 13.6. The standard InChI is InChI=1S/C12H17N3O5/c1-3-14-9(12(13)16)7-20-11-6-8(15(17)18)4-5-10(11)19-2/h4-6,9,14H,3,7H2,1-2H3,(H2,13,16). The summed E-state index contributed by atoms with van der Waals surface area (Å²) in [6.07, 6.45) is 0. The number of methoxy groups -OCH3 is 1. The van der Waals surface area contributed by atoms with Crippen molar-refractivity contribution in [3.05, 3.63) is 28.3 Å². The minimum atomic E-state index is -0.677. The summed E-state index contributed by atoms with van der Waals surface area (Å²) in [6.45, 7) is 2.33. The number of nitro groups is 1. The van der Waals surface area contributed by atoms with E-state index in [1.54, 1.807) is 0 Å². The van der Waals surface area contributed by atoms with Crippen molar-refractivity contribution in [3.8, 4) is 11.5 Å². The van der Waals surface area contributed by atoms with Crippen LogP contribution in [-0.4, -0.2) is 37.1 Å². The Balaban J connectivity index is 2.86. The molecule has 1 atom stereocenters. The number of non-ortho nitro benzene ring substituents is 1. The summed E-state index contributed by atoms with van der Waals surface area (Å²) >= 11 is 0. The second-order valence-electron chi connectivity index (χ2n) is 3.92. The van der Waals surface area contributed by atoms with Crippen LogP contribution in [0.3, 0.4) is 0 Å². The summed E-state index contributed by atoms with van der Waals surface area (Å²) in [5.41, 5.74) is 5.09. The van der Waals surface area contributed by atoms with E-state index in [2.05, 4.69) is 5.32 Å². The minimum Gasteiger partial charge on any atom is -0.493 e. The van der Waals surface area contributed by atoms with Crippen LogP contribution in [0.5, 0.6) is 11.5 Å². The fraction of sp³-hybridized carbons (Fsp3) is 0.417. The number of carbonyl (C=O) groups is 1. The van der Waals surface area contributed by atoms with Gasteiger partial charge in [0.05, 0.1) is 18.1 Å². The maximum atomic E-state index is 11.2. The van der Waals surface area contributed by atoms with Gasteiger partial charge in [-0.3, -0.25) is 14.9 Å². The molecule has 0 saturated carbocycles. The number of carbonyl (C=O) groups excluding carboxylic acids is 1. The van der Waals surface area contributed by atoms with E-state index in [-0.39, 0.29) is 18.0 Å². The average molecular weight is 283 g/mol. The molecule has 0 aliphatic heterocycles. The number of nitrogens with two attached hydrogens (primary N) is 1. The number of hydrogen-bond acceptors (Lipinski definition) is 6. The van der Waals surface area contributed by atoms with Crippen molar-refractivity contribution in [2.75, 3.05) is 20.3 Å². The van der Waals surface area contributed by atoms with Crippen molar-refractivity contribution in [1.82, 2.24) is 5.32 Å². The van der Waals surface area contributed by atoms with Crippen LogP contribution >= 0.6 is 0 Å². The second kappa shape index (κ2) is 7.29. The molecule has 0 aliphatic rings. The van der Waals surface area contributed by atoms with Crippen molar-refractivity contribution in [2.24, 2.45) is 5.73 Å². The van der Waals surface area contributed by atoms with Crippen LogP contribution in [0.1, 0.15) is 6.92 Å². The normalized spacial score (nSPS) is 11.7. The van der Waals surface area contributed by atoms with Crippen LogP contribution < -0.4 is 20.5 Å². The Bertz CT molecular complexity index is 492. The van der Waals surface area contributed by atoms with Gasteiger partial charge in [-0.1, -0.05) is 6.92 Å². The fourth-order valence-corrected chi connectivity index (χ4v) is 1.55. The molecule has 1 aromatic rings. The molecule has 0 radical (unpaired) electrons. The molecule has 0 aromatic heterocycles. The van der Waals surface area contributed by atoms with Gasteiger partial charge in [-0.2, -0.15) is 0 Å². The molecule has 0 spiro atoms. The predicted octanol–water partition coefficient (Wildman–Crippen LogP) is 0.446. The van der Waals surface area contributed by atoms with Gasteiger partial charge in [0.15, 0.2) is 11.5 Å². The predicted molar refractivity (Wildman–Crippen MR) is 71.8 cm³/mol. The van der Waals surface area contributed by atoms with Crippen LogP contribution in [0.4, 0.5) is 5.69 Å². The van der Waals surface area contributed by atoms with Crippen molar-refractivity contribution in [1.29, 1.82) is 0 Å². The molecule has 8 nitrogen and oxygen atoms in total. The molecule has 0 saturated heterocycles. The molecule has 0 heterocycles. The maximum Gasteiger partial charge on any atom is 0.273 e. The van der Waals surface area contributed by atoms with Gasteiger partial charge >= 0.3 is 0 Å². The molecule has 1 rings (SSSR count). The second-order valence-corrected chi connectivity index (χ2v) is 3.92. The molecule has 110 valence electrons. The SMILES string of the molecule is CCNC(COc1cc([N+](=O)[O-])ccc1OC)C(N)=O. The molecule has 0 aliphatic carbocycles. The smallest absolute Gasteiger partial charge is 0.273 e. The van der Waals surface area contributed by atoms with Crippen LogP contribution in [0.25, 0.3) is 0 Å². The van der Waals surface area contributed by atoms with Crippen LogP contribution in [0.2, 0.25) is 0 Å². The number of nitrogens with one attached hydrogen (secondary N) is 1. The van der Waals surface area contributed by atoms with Gasteiger partial charge in [-0.05, 0) is 12.6 Å². The first-order valence-electron chi connectivity index (χ1n) is 5.97. The lowest BCUT2D eigenvalue weighted by atomic mass is 10.2. The number of amides is 1. The maximum absolute atomic E-state index is 11.2. The van der Waals surface area contributed by atoms with E-state index in [1.165, 1.54) is 25.3 Å². The monoisotopic (exact) mass is 283 g/mol. The van der Waals surface area contributed by atoms with Crippen molar-refractivity contribution >= 4 is 11.6 Å². The highest BCUT2D eigenvalue weighted by Gasteiger charge is 2.17. The molecular weight excluding hydrogens is 266 g/mol. The van der Waals surface area contributed by atoms with E-state index >= 15 is 0 Å². The number of primary amides is 1. The van der Waals surface area contributed by atoms with Gasteiger partial charge in [0, 0.05) is 6.07 Å². The summed E-state index contributed by atoms with van der Waals surface area (Å²) < 4.78 is 10.5. The van der Waals surface area contributed by atoms with Gasteiger partial charge in [0.25, 0.3) is 5.69 Å². The Morgan fingerprint density at radius 3 is 2.70 bits per heavy atom. The largest absolute Gasteiger partial charge is 0.493 e. The van der Waals surface area contributed by atoms with E-state index in [9.17, 15) is 14.9 Å². The van der Waals surface area contributed by atoms with Crippen LogP contribution in [0, 0.1) is 10.1 Å². The zero-order valence-corrected chi connectivity index (χ0v) is 11.3. The highest BCUT2D eigenvalue weighted by Crippen LogP contribution is 2.31. The highest BCUT2D eigenvalue weighted by molar-refractivity contribution is 5.80. The summed E-state index contributed by atoms with van der Waals surface area (Å²) in [6, 6.07) is 3.30. The molecule has 3 N–H and O–H groups in total. The Kier molecular flexibility index (Phi) is 5.73. The van der Waals surface area contributed by atoms with E-state index in [4.69, 9.17) is 15.2 Å². The van der Waals surface area contributed by atoms with Gasteiger partial charge in [-0.15, -0.1) is 0 Å². The van der Waals surface area contributed by atoms with Crippen LogP contribution in [-0.2, 0) is 4.79 Å². The van der Waals surface area contributed by atoms with Gasteiger partial charge < -0.3 is 20.5 Å². The molecule has 1 amide bonds. The third-order valence-electron chi connectivity index (χ3n) is 2.56. The molecule has 0 bridgehead atoms. The molecule has 20 heavy (non-hydrogen) atoms. The lowest BCUT2D eigenvalue weighted by Crippen LogP contribution is -2.45. The number of nitrogens with zero attached hydrogens (tertiary/aromatic N) is 1. The Hall–Kier alpha value is -2.35. The zero-order chi connectivity index (χ0) is 15.1. The molecule has 8 heteroatoms. The number of hydrogen-bond donors (Lipinski definition) is 2.